The molecule has 3 aromatic rings. The van der Waals surface area contributed by atoms with Crippen LogP contribution in [0.3, 0.4) is 0 Å². The smallest absolute Gasteiger partial charge is 0.288 e. The third-order valence-electron chi connectivity index (χ3n) is 3.04. The third kappa shape index (κ3) is 4.52. The molecule has 0 saturated carbocycles. The third-order valence-corrected chi connectivity index (χ3v) is 3.64. The summed E-state index contributed by atoms with van der Waals surface area (Å²) in [7, 11) is 0. The number of nitrogens with two attached hydrogens (primary N) is 1. The molecule has 0 aliphatic carbocycles. The number of nitro groups is 2. The Morgan fingerprint density at radius 2 is 1.56 bits per heavy atom. The van der Waals surface area contributed by atoms with Gasteiger partial charge in [-0.2, -0.15) is 0 Å². The molecule has 3 rings (SSSR count). The molecule has 0 atom stereocenters. The van der Waals surface area contributed by atoms with E-state index in [-0.39, 0.29) is 21.4 Å². The van der Waals surface area contributed by atoms with Crippen LogP contribution in [0, 0.1) is 20.2 Å². The number of nitrogens with zero attached hydrogens (tertiary/aromatic N) is 3. The summed E-state index contributed by atoms with van der Waals surface area (Å²) in [6.45, 7) is 0. The maximum absolute atomic E-state index is 10.6. The second-order valence-electron chi connectivity index (χ2n) is 4.72. The monoisotopic (exact) mass is 380 g/mol. The summed E-state index contributed by atoms with van der Waals surface area (Å²) < 4.78 is 0. The lowest BCUT2D eigenvalue weighted by Crippen LogP contribution is -1.90. The van der Waals surface area contributed by atoms with Crippen LogP contribution in [0.15, 0.2) is 48.7 Å². The second kappa shape index (κ2) is 7.73. The number of benzene rings is 2. The number of hydrogen-bond acceptors (Lipinski definition) is 6. The number of pyridine rings is 1. The van der Waals surface area contributed by atoms with Crippen LogP contribution in [-0.2, 0) is 0 Å². The zero-order valence-corrected chi connectivity index (χ0v) is 13.9. The first-order valence-corrected chi connectivity index (χ1v) is 7.43. The van der Waals surface area contributed by atoms with Crippen molar-refractivity contribution in [3.05, 3.63) is 78.9 Å². The molecule has 10 heteroatoms. The van der Waals surface area contributed by atoms with Gasteiger partial charge in [0.15, 0.2) is 0 Å². The zero-order valence-electron chi connectivity index (χ0n) is 12.4. The predicted molar refractivity (Wildman–Crippen MR) is 95.9 cm³/mol. The Hall–Kier alpha value is -2.97. The average molecular weight is 381 g/mol. The molecule has 0 saturated heterocycles. The molecule has 0 aliphatic heterocycles. The largest absolute Gasteiger partial charge is 0.399 e. The lowest BCUT2D eigenvalue weighted by molar-refractivity contribution is -0.384. The Morgan fingerprint density at radius 3 is 2.16 bits per heavy atom. The molecule has 0 spiro atoms. The lowest BCUT2D eigenvalue weighted by Gasteiger charge is -1.98. The van der Waals surface area contributed by atoms with Gasteiger partial charge < -0.3 is 5.73 Å². The zero-order chi connectivity index (χ0) is 18.6. The Morgan fingerprint density at radius 1 is 0.920 bits per heavy atom. The first-order chi connectivity index (χ1) is 11.8. The number of nitrogen functional groups attached to an aromatic ring is 1. The number of fused-ring (bicyclic) bond motifs is 1. The first kappa shape index (κ1) is 18.4. The normalized spacial score (nSPS) is 10.0. The van der Waals surface area contributed by atoms with Crippen LogP contribution in [0.2, 0.25) is 10.0 Å². The van der Waals surface area contributed by atoms with E-state index in [4.69, 9.17) is 28.9 Å². The molecule has 0 unspecified atom stereocenters. The minimum atomic E-state index is -0.554. The van der Waals surface area contributed by atoms with Crippen LogP contribution in [0.1, 0.15) is 0 Å². The predicted octanol–water partition coefficient (Wildman–Crippen LogP) is 4.63. The second-order valence-corrected chi connectivity index (χ2v) is 5.54. The van der Waals surface area contributed by atoms with Crippen molar-refractivity contribution < 1.29 is 9.85 Å². The van der Waals surface area contributed by atoms with Gasteiger partial charge in [0.25, 0.3) is 11.4 Å². The summed E-state index contributed by atoms with van der Waals surface area (Å²) in [6.07, 6.45) is 1.62. The van der Waals surface area contributed by atoms with E-state index in [0.717, 1.165) is 0 Å². The van der Waals surface area contributed by atoms with E-state index in [9.17, 15) is 20.2 Å². The van der Waals surface area contributed by atoms with Crippen LogP contribution in [0.4, 0.5) is 17.1 Å². The molecule has 1 heterocycles. The molecule has 0 bridgehead atoms. The molecular weight excluding hydrogens is 371 g/mol. The summed E-state index contributed by atoms with van der Waals surface area (Å²) in [6, 6.07) is 10.5. The SMILES string of the molecule is Nc1ccc([N+](=O)[O-])c(Cl)c1.O=[N+]([O-])c1cc2cccnc2cc1Cl. The molecule has 0 aliphatic rings. The molecule has 8 nitrogen and oxygen atoms in total. The van der Waals surface area contributed by atoms with Crippen LogP contribution in [0.5, 0.6) is 0 Å². The van der Waals surface area contributed by atoms with Gasteiger partial charge in [0.1, 0.15) is 10.0 Å². The van der Waals surface area contributed by atoms with Gasteiger partial charge in [-0.1, -0.05) is 29.3 Å². The van der Waals surface area contributed by atoms with E-state index >= 15 is 0 Å². The van der Waals surface area contributed by atoms with E-state index in [1.807, 2.05) is 0 Å². The highest BCUT2D eigenvalue weighted by atomic mass is 35.5. The van der Waals surface area contributed by atoms with Gasteiger partial charge in [0.2, 0.25) is 0 Å². The van der Waals surface area contributed by atoms with Crippen LogP contribution in [-0.4, -0.2) is 14.8 Å². The summed E-state index contributed by atoms with van der Waals surface area (Å²) in [5.74, 6) is 0. The molecule has 25 heavy (non-hydrogen) atoms. The molecule has 0 fully saturated rings. The Balaban J connectivity index is 0.000000186. The van der Waals surface area contributed by atoms with Crippen molar-refractivity contribution in [3.8, 4) is 0 Å². The minimum Gasteiger partial charge on any atom is -0.399 e. The van der Waals surface area contributed by atoms with Crippen molar-refractivity contribution in [3.63, 3.8) is 0 Å². The minimum absolute atomic E-state index is 0.0648. The van der Waals surface area contributed by atoms with Gasteiger partial charge in [-0.05, 0) is 24.3 Å². The van der Waals surface area contributed by atoms with E-state index in [2.05, 4.69) is 4.98 Å². The summed E-state index contributed by atoms with van der Waals surface area (Å²) in [5, 5.41) is 21.7. The molecule has 0 radical (unpaired) electrons. The van der Waals surface area contributed by atoms with Gasteiger partial charge in [0, 0.05) is 29.4 Å². The Kier molecular flexibility index (Phi) is 5.68. The maximum atomic E-state index is 10.6. The van der Waals surface area contributed by atoms with Gasteiger partial charge in [-0.25, -0.2) is 0 Å². The first-order valence-electron chi connectivity index (χ1n) is 6.67. The fraction of sp³-hybridized carbons (Fsp3) is 0. The summed E-state index contributed by atoms with van der Waals surface area (Å²) >= 11 is 11.2. The lowest BCUT2D eigenvalue weighted by atomic mass is 10.2. The number of hydrogen-bond donors (Lipinski definition) is 1. The quantitative estimate of drug-likeness (QED) is 0.392. The average Bonchev–Trinajstić information content (AvgIpc) is 2.54. The van der Waals surface area contributed by atoms with Crippen molar-refractivity contribution in [2.45, 2.75) is 0 Å². The Bertz CT molecular complexity index is 965. The fourth-order valence-corrected chi connectivity index (χ4v) is 2.38. The van der Waals surface area contributed by atoms with Crippen LogP contribution in [0.25, 0.3) is 10.9 Å². The van der Waals surface area contributed by atoms with Gasteiger partial charge in [-0.3, -0.25) is 25.2 Å². The van der Waals surface area contributed by atoms with Gasteiger partial charge in [0.05, 0.1) is 15.4 Å². The summed E-state index contributed by atoms with van der Waals surface area (Å²) in [4.78, 5) is 23.8. The fourth-order valence-electron chi connectivity index (χ4n) is 1.89. The van der Waals surface area contributed by atoms with Crippen molar-refractivity contribution >= 4 is 51.2 Å². The summed E-state index contributed by atoms with van der Waals surface area (Å²) in [5.41, 5.74) is 6.18. The topological polar surface area (TPSA) is 125 Å². The molecule has 2 aromatic carbocycles. The molecule has 128 valence electrons. The van der Waals surface area contributed by atoms with E-state index in [1.165, 1.54) is 30.3 Å². The highest BCUT2D eigenvalue weighted by molar-refractivity contribution is 6.33. The molecule has 1 aromatic heterocycles. The Labute approximate surface area is 151 Å². The highest BCUT2D eigenvalue weighted by Crippen LogP contribution is 2.28. The van der Waals surface area contributed by atoms with E-state index in [1.54, 1.807) is 18.3 Å². The highest BCUT2D eigenvalue weighted by Gasteiger charge is 2.13. The molecular formula is C15H10Cl2N4O4. The number of nitro benzene ring substituents is 2. The molecule has 2 N–H and O–H groups in total. The number of halogens is 2. The van der Waals surface area contributed by atoms with E-state index in [0.29, 0.717) is 16.6 Å². The van der Waals surface area contributed by atoms with Crippen LogP contribution < -0.4 is 5.73 Å². The van der Waals surface area contributed by atoms with E-state index < -0.39 is 9.85 Å². The number of aromatic nitrogens is 1. The number of anilines is 1. The van der Waals surface area contributed by atoms with Crippen molar-refractivity contribution in [2.75, 3.05) is 5.73 Å². The van der Waals surface area contributed by atoms with Crippen molar-refractivity contribution in [2.24, 2.45) is 0 Å². The number of rotatable bonds is 2. The molecule has 0 amide bonds. The van der Waals surface area contributed by atoms with Gasteiger partial charge >= 0.3 is 0 Å². The van der Waals surface area contributed by atoms with Crippen molar-refractivity contribution in [1.82, 2.24) is 4.98 Å². The van der Waals surface area contributed by atoms with Gasteiger partial charge in [-0.15, -0.1) is 0 Å². The van der Waals surface area contributed by atoms with Crippen molar-refractivity contribution in [1.29, 1.82) is 0 Å². The van der Waals surface area contributed by atoms with Crippen LogP contribution >= 0.6 is 23.2 Å². The maximum Gasteiger partial charge on any atom is 0.288 e. The standard InChI is InChI=1S/C9H5ClN2O2.C6H5ClN2O2/c10-7-5-8-6(2-1-3-11-8)4-9(7)12(13)14;7-5-3-4(8)1-2-6(5)9(10)11/h1-5H;1-3H,8H2.